The van der Waals surface area contributed by atoms with Crippen molar-refractivity contribution >= 4 is 11.5 Å². The number of aromatic nitrogens is 6. The van der Waals surface area contributed by atoms with Gasteiger partial charge in [0.05, 0.1) is 12.3 Å². The number of ether oxygens (including phenoxy) is 1. The number of hydrogen-bond acceptors (Lipinski definition) is 7. The Bertz CT molecular complexity index is 882. The Labute approximate surface area is 151 Å². The summed E-state index contributed by atoms with van der Waals surface area (Å²) >= 11 is 0. The molecule has 2 aliphatic rings. The van der Waals surface area contributed by atoms with Crippen molar-refractivity contribution in [2.24, 2.45) is 5.92 Å². The summed E-state index contributed by atoms with van der Waals surface area (Å²) in [6.45, 7) is 2.64. The molecule has 3 aromatic rings. The van der Waals surface area contributed by atoms with Crippen molar-refractivity contribution in [3.63, 3.8) is 0 Å². The molecule has 0 bridgehead atoms. The lowest BCUT2D eigenvalue weighted by atomic mass is 9.98. The van der Waals surface area contributed by atoms with Crippen LogP contribution < -0.4 is 9.64 Å². The Kier molecular flexibility index (Phi) is 3.88. The standard InChI is InChI=1S/C18H21N7O/c1-2-14(1)15-3-6-18(22-20-15)26-11-13-7-9-24(10-8-13)17-5-4-16-21-19-12-25(16)23-17/h3-6,12-14H,1-2,7-11H2. The number of hydrogen-bond donors (Lipinski definition) is 0. The van der Waals surface area contributed by atoms with Gasteiger partial charge in [-0.3, -0.25) is 0 Å². The van der Waals surface area contributed by atoms with E-state index in [0.29, 0.717) is 24.3 Å². The lowest BCUT2D eigenvalue weighted by molar-refractivity contribution is 0.214. The topological polar surface area (TPSA) is 81.3 Å². The molecular formula is C18H21N7O. The van der Waals surface area contributed by atoms with Crippen molar-refractivity contribution in [3.05, 3.63) is 36.3 Å². The van der Waals surface area contributed by atoms with E-state index in [1.165, 1.54) is 12.8 Å². The highest BCUT2D eigenvalue weighted by molar-refractivity contribution is 5.45. The summed E-state index contributed by atoms with van der Waals surface area (Å²) in [5, 5.41) is 20.9. The summed E-state index contributed by atoms with van der Waals surface area (Å²) in [5.41, 5.74) is 1.87. The first kappa shape index (κ1) is 15.5. The molecule has 0 unspecified atom stereocenters. The van der Waals surface area contributed by atoms with Crippen LogP contribution in [0.4, 0.5) is 5.82 Å². The molecule has 26 heavy (non-hydrogen) atoms. The first-order valence-electron chi connectivity index (χ1n) is 9.23. The Morgan fingerprint density at radius 1 is 0.962 bits per heavy atom. The first-order valence-corrected chi connectivity index (χ1v) is 9.23. The third-order valence-corrected chi connectivity index (χ3v) is 5.21. The van der Waals surface area contributed by atoms with E-state index in [1.54, 1.807) is 10.8 Å². The number of piperidine rings is 1. The van der Waals surface area contributed by atoms with Gasteiger partial charge < -0.3 is 9.64 Å². The maximum atomic E-state index is 5.86. The SMILES string of the molecule is c1cc(C2CC2)nnc1OCC1CCN(c2ccc3nncn3n2)CC1. The van der Waals surface area contributed by atoms with Crippen molar-refractivity contribution in [1.82, 2.24) is 30.0 Å². The van der Waals surface area contributed by atoms with E-state index in [2.05, 4.69) is 36.5 Å². The molecule has 1 aliphatic carbocycles. The van der Waals surface area contributed by atoms with Gasteiger partial charge in [0.1, 0.15) is 12.1 Å². The van der Waals surface area contributed by atoms with Gasteiger partial charge in [0, 0.05) is 25.1 Å². The maximum Gasteiger partial charge on any atom is 0.233 e. The normalized spacial score (nSPS) is 18.4. The highest BCUT2D eigenvalue weighted by Gasteiger charge is 2.25. The minimum absolute atomic E-state index is 0.537. The second-order valence-electron chi connectivity index (χ2n) is 7.14. The van der Waals surface area contributed by atoms with E-state index in [0.717, 1.165) is 43.1 Å². The smallest absolute Gasteiger partial charge is 0.233 e. The molecule has 0 amide bonds. The van der Waals surface area contributed by atoms with E-state index in [4.69, 9.17) is 4.74 Å². The van der Waals surface area contributed by atoms with Crippen molar-refractivity contribution in [2.45, 2.75) is 31.6 Å². The quantitative estimate of drug-likeness (QED) is 0.696. The number of rotatable bonds is 5. The second-order valence-corrected chi connectivity index (χ2v) is 7.14. The molecule has 1 saturated heterocycles. The molecule has 8 nitrogen and oxygen atoms in total. The minimum atomic E-state index is 0.537. The van der Waals surface area contributed by atoms with Gasteiger partial charge in [-0.15, -0.1) is 20.4 Å². The zero-order valence-electron chi connectivity index (χ0n) is 14.5. The molecule has 4 heterocycles. The summed E-state index contributed by atoms with van der Waals surface area (Å²) < 4.78 is 7.58. The lowest BCUT2D eigenvalue weighted by Gasteiger charge is -2.32. The van der Waals surface area contributed by atoms with Crippen molar-refractivity contribution in [3.8, 4) is 5.88 Å². The largest absolute Gasteiger partial charge is 0.476 e. The summed E-state index contributed by atoms with van der Waals surface area (Å²) in [4.78, 5) is 2.31. The fraction of sp³-hybridized carbons (Fsp3) is 0.500. The third-order valence-electron chi connectivity index (χ3n) is 5.21. The van der Waals surface area contributed by atoms with E-state index in [9.17, 15) is 0 Å². The monoisotopic (exact) mass is 351 g/mol. The minimum Gasteiger partial charge on any atom is -0.476 e. The van der Waals surface area contributed by atoms with E-state index >= 15 is 0 Å². The second kappa shape index (κ2) is 6.51. The molecule has 5 rings (SSSR count). The van der Waals surface area contributed by atoms with Crippen LogP contribution in [0, 0.1) is 5.92 Å². The Morgan fingerprint density at radius 2 is 1.85 bits per heavy atom. The van der Waals surface area contributed by atoms with Crippen LogP contribution in [0.25, 0.3) is 5.65 Å². The van der Waals surface area contributed by atoms with E-state index < -0.39 is 0 Å². The molecule has 1 aliphatic heterocycles. The van der Waals surface area contributed by atoms with Crippen molar-refractivity contribution in [2.75, 3.05) is 24.6 Å². The van der Waals surface area contributed by atoms with Crippen LogP contribution in [0.2, 0.25) is 0 Å². The van der Waals surface area contributed by atoms with E-state index in [-0.39, 0.29) is 0 Å². The average molecular weight is 351 g/mol. The van der Waals surface area contributed by atoms with Gasteiger partial charge >= 0.3 is 0 Å². The summed E-state index contributed by atoms with van der Waals surface area (Å²) in [5.74, 6) is 2.77. The van der Waals surface area contributed by atoms with Crippen LogP contribution in [0.15, 0.2) is 30.6 Å². The zero-order chi connectivity index (χ0) is 17.3. The molecule has 3 aromatic heterocycles. The number of nitrogens with zero attached hydrogens (tertiary/aromatic N) is 7. The van der Waals surface area contributed by atoms with Crippen LogP contribution in [0.1, 0.15) is 37.3 Å². The molecule has 0 radical (unpaired) electrons. The Morgan fingerprint density at radius 3 is 2.62 bits per heavy atom. The van der Waals surface area contributed by atoms with Crippen LogP contribution in [-0.4, -0.2) is 49.7 Å². The molecule has 8 heteroatoms. The van der Waals surface area contributed by atoms with Gasteiger partial charge in [-0.1, -0.05) is 0 Å². The van der Waals surface area contributed by atoms with Crippen LogP contribution in [0.5, 0.6) is 5.88 Å². The highest BCUT2D eigenvalue weighted by Crippen LogP contribution is 2.38. The Hall–Kier alpha value is -2.77. The predicted molar refractivity (Wildman–Crippen MR) is 95.2 cm³/mol. The fourth-order valence-corrected chi connectivity index (χ4v) is 3.42. The molecule has 0 aromatic carbocycles. The number of fused-ring (bicyclic) bond motifs is 1. The Balaban J connectivity index is 1.14. The first-order chi connectivity index (χ1) is 12.8. The van der Waals surface area contributed by atoms with Crippen LogP contribution in [-0.2, 0) is 0 Å². The zero-order valence-corrected chi connectivity index (χ0v) is 14.5. The van der Waals surface area contributed by atoms with Gasteiger partial charge in [0.2, 0.25) is 5.88 Å². The van der Waals surface area contributed by atoms with Gasteiger partial charge in [0.25, 0.3) is 0 Å². The van der Waals surface area contributed by atoms with E-state index in [1.807, 2.05) is 18.2 Å². The number of anilines is 1. The molecule has 1 saturated carbocycles. The van der Waals surface area contributed by atoms with Gasteiger partial charge in [0.15, 0.2) is 5.65 Å². The summed E-state index contributed by atoms with van der Waals surface area (Å²) in [6, 6.07) is 7.97. The third kappa shape index (κ3) is 3.18. The maximum absolute atomic E-state index is 5.86. The predicted octanol–water partition coefficient (Wildman–Crippen LogP) is 2.09. The van der Waals surface area contributed by atoms with Crippen LogP contribution in [0.3, 0.4) is 0 Å². The molecule has 134 valence electrons. The van der Waals surface area contributed by atoms with Crippen molar-refractivity contribution in [1.29, 1.82) is 0 Å². The van der Waals surface area contributed by atoms with Crippen LogP contribution >= 0.6 is 0 Å². The van der Waals surface area contributed by atoms with Gasteiger partial charge in [-0.25, -0.2) is 0 Å². The molecule has 0 N–H and O–H groups in total. The fourth-order valence-electron chi connectivity index (χ4n) is 3.42. The molecular weight excluding hydrogens is 330 g/mol. The summed E-state index contributed by atoms with van der Waals surface area (Å²) in [6.07, 6.45) is 6.28. The van der Waals surface area contributed by atoms with Gasteiger partial charge in [-0.2, -0.15) is 9.61 Å². The van der Waals surface area contributed by atoms with Crippen molar-refractivity contribution < 1.29 is 4.74 Å². The molecule has 2 fully saturated rings. The molecule has 0 atom stereocenters. The lowest BCUT2D eigenvalue weighted by Crippen LogP contribution is -2.36. The summed E-state index contributed by atoms with van der Waals surface area (Å²) in [7, 11) is 0. The average Bonchev–Trinajstić information content (AvgIpc) is 3.44. The van der Waals surface area contributed by atoms with Gasteiger partial charge in [-0.05, 0) is 49.8 Å². The molecule has 0 spiro atoms. The highest BCUT2D eigenvalue weighted by atomic mass is 16.5.